The van der Waals surface area contributed by atoms with Crippen LogP contribution in [0.15, 0.2) is 47.1 Å². The first kappa shape index (κ1) is 23.2. The van der Waals surface area contributed by atoms with Crippen LogP contribution in [0.5, 0.6) is 5.75 Å². The number of hydrogen-bond acceptors (Lipinski definition) is 7. The fraction of sp³-hybridized carbons (Fsp3) is 0.444. The summed E-state index contributed by atoms with van der Waals surface area (Å²) in [5.74, 6) is -4.59. The zero-order valence-electron chi connectivity index (χ0n) is 20.0. The Hall–Kier alpha value is -3.55. The molecule has 0 spiro atoms. The highest BCUT2D eigenvalue weighted by molar-refractivity contribution is 6.17. The summed E-state index contributed by atoms with van der Waals surface area (Å²) in [5.41, 5.74) is 1.36. The van der Waals surface area contributed by atoms with Gasteiger partial charge in [-0.2, -0.15) is 4.90 Å². The lowest BCUT2D eigenvalue weighted by Crippen LogP contribution is -2.55. The van der Waals surface area contributed by atoms with Gasteiger partial charge in [-0.3, -0.25) is 19.2 Å². The lowest BCUT2D eigenvalue weighted by Gasteiger charge is -2.54. The summed E-state index contributed by atoms with van der Waals surface area (Å²) in [6.45, 7) is 5.15. The molecule has 8 nitrogen and oxygen atoms in total. The molecule has 1 aromatic rings. The molecule has 35 heavy (non-hydrogen) atoms. The van der Waals surface area contributed by atoms with Crippen LogP contribution in [-0.4, -0.2) is 46.6 Å². The minimum atomic E-state index is -1.08. The van der Waals surface area contributed by atoms with E-state index in [4.69, 9.17) is 0 Å². The average molecular weight is 478 g/mol. The monoisotopic (exact) mass is 477 g/mol. The fourth-order valence-electron chi connectivity index (χ4n) is 6.90. The van der Waals surface area contributed by atoms with E-state index in [0.29, 0.717) is 16.0 Å². The smallest absolute Gasteiger partial charge is 0.423 e. The van der Waals surface area contributed by atoms with Gasteiger partial charge in [-0.15, -0.1) is 0 Å². The number of fused-ring (bicyclic) bond motifs is 4. The molecule has 0 aromatic heterocycles. The Kier molecular flexibility index (Phi) is 5.12. The summed E-state index contributed by atoms with van der Waals surface area (Å²) in [5, 5.41) is 9.87. The Balaban J connectivity index is 1.70. The summed E-state index contributed by atoms with van der Waals surface area (Å²) in [4.78, 5) is 66.6. The van der Waals surface area contributed by atoms with Crippen LogP contribution in [0.1, 0.15) is 45.1 Å². The highest BCUT2D eigenvalue weighted by Gasteiger charge is 2.64. The van der Waals surface area contributed by atoms with Crippen LogP contribution in [0.3, 0.4) is 0 Å². The number of phenols is 1. The quantitative estimate of drug-likeness (QED) is 0.487. The number of methoxy groups -OCH3 is 1. The summed E-state index contributed by atoms with van der Waals surface area (Å²) >= 11 is 0. The molecule has 6 atom stereocenters. The first-order valence-electron chi connectivity index (χ1n) is 11.7. The number of hydrogen-bond donors (Lipinski definition) is 1. The molecule has 0 unspecified atom stereocenters. The number of ketones is 2. The minimum absolute atomic E-state index is 0.0729. The maximum Gasteiger partial charge on any atom is 0.423 e. The van der Waals surface area contributed by atoms with Crippen molar-refractivity contribution < 1.29 is 33.8 Å². The van der Waals surface area contributed by atoms with Crippen LogP contribution >= 0.6 is 0 Å². The Morgan fingerprint density at radius 2 is 1.69 bits per heavy atom. The minimum Gasteiger partial charge on any atom is -0.508 e. The average Bonchev–Trinajstić information content (AvgIpc) is 3.11. The van der Waals surface area contributed by atoms with Gasteiger partial charge in [0.25, 0.3) is 0 Å². The maximum absolute atomic E-state index is 13.8. The number of carbonyl (C=O) groups is 5. The van der Waals surface area contributed by atoms with Crippen molar-refractivity contribution in [1.82, 2.24) is 4.90 Å². The third kappa shape index (κ3) is 2.95. The van der Waals surface area contributed by atoms with Gasteiger partial charge >= 0.3 is 6.09 Å². The first-order valence-corrected chi connectivity index (χ1v) is 11.7. The van der Waals surface area contributed by atoms with Crippen molar-refractivity contribution in [3.8, 4) is 5.75 Å². The van der Waals surface area contributed by atoms with E-state index in [1.807, 2.05) is 13.0 Å². The number of aromatic hydroxyl groups is 1. The van der Waals surface area contributed by atoms with Crippen LogP contribution < -0.4 is 0 Å². The molecule has 2 fully saturated rings. The number of rotatable bonds is 1. The van der Waals surface area contributed by atoms with E-state index in [0.717, 1.165) is 18.2 Å². The molecular formula is C27H27NO7. The summed E-state index contributed by atoms with van der Waals surface area (Å²) in [6.07, 6.45) is 1.39. The van der Waals surface area contributed by atoms with Crippen molar-refractivity contribution >= 4 is 29.5 Å². The van der Waals surface area contributed by atoms with Gasteiger partial charge in [0.15, 0.2) is 11.6 Å². The lowest BCUT2D eigenvalue weighted by molar-refractivity contribution is -0.142. The molecule has 5 rings (SSSR count). The van der Waals surface area contributed by atoms with Gasteiger partial charge in [0, 0.05) is 11.8 Å². The standard InChI is InChI=1S/C27H27NO7/c1-12-13(2)23(31)27(3)19(22(12)30)11-18-16(21(27)14-5-7-15(29)8-6-14)9-10-17-20(18)25(33)28(24(17)32)26(34)35-4/h5-9,17-21,29H,10-11H2,1-4H3/t17-,18+,19-,20-,21-,27+/m0/s1. The van der Waals surface area contributed by atoms with Gasteiger partial charge in [-0.25, -0.2) is 4.79 Å². The molecule has 1 aromatic carbocycles. The highest BCUT2D eigenvalue weighted by atomic mass is 16.5. The van der Waals surface area contributed by atoms with E-state index in [-0.39, 0.29) is 30.2 Å². The van der Waals surface area contributed by atoms with Crippen molar-refractivity contribution in [3.63, 3.8) is 0 Å². The molecule has 1 aliphatic heterocycles. The van der Waals surface area contributed by atoms with Gasteiger partial charge in [-0.1, -0.05) is 30.7 Å². The van der Waals surface area contributed by atoms with E-state index in [1.165, 1.54) is 12.1 Å². The van der Waals surface area contributed by atoms with Crippen LogP contribution in [0.4, 0.5) is 4.79 Å². The number of Topliss-reactive ketones (excluding diaryl/α,β-unsaturated/α-hetero) is 2. The predicted octanol–water partition coefficient (Wildman–Crippen LogP) is 3.30. The molecule has 3 aliphatic carbocycles. The summed E-state index contributed by atoms with van der Waals surface area (Å²) < 4.78 is 4.68. The van der Waals surface area contributed by atoms with Crippen molar-refractivity contribution in [2.24, 2.45) is 29.1 Å². The second kappa shape index (κ2) is 7.73. The van der Waals surface area contributed by atoms with Crippen LogP contribution in [-0.2, 0) is 23.9 Å². The van der Waals surface area contributed by atoms with E-state index in [1.54, 1.807) is 26.0 Å². The molecule has 8 heteroatoms. The number of benzene rings is 1. The number of imide groups is 3. The molecule has 4 aliphatic rings. The van der Waals surface area contributed by atoms with Gasteiger partial charge in [0.1, 0.15) is 5.75 Å². The van der Waals surface area contributed by atoms with Gasteiger partial charge in [0.05, 0.1) is 24.4 Å². The van der Waals surface area contributed by atoms with Gasteiger partial charge in [-0.05, 0) is 61.4 Å². The predicted molar refractivity (Wildman–Crippen MR) is 123 cm³/mol. The third-order valence-corrected chi connectivity index (χ3v) is 8.75. The van der Waals surface area contributed by atoms with E-state index in [9.17, 15) is 29.1 Å². The van der Waals surface area contributed by atoms with Crippen LogP contribution in [0, 0.1) is 29.1 Å². The second-order valence-electron chi connectivity index (χ2n) is 10.2. The van der Waals surface area contributed by atoms with Crippen molar-refractivity contribution in [3.05, 3.63) is 52.6 Å². The number of amides is 3. The lowest BCUT2D eigenvalue weighted by atomic mass is 9.46. The van der Waals surface area contributed by atoms with Crippen molar-refractivity contribution in [2.45, 2.75) is 39.5 Å². The first-order chi connectivity index (χ1) is 16.5. The fourth-order valence-corrected chi connectivity index (χ4v) is 6.90. The number of phenolic OH excluding ortho intramolecular Hbond substituents is 1. The molecule has 1 heterocycles. The summed E-state index contributed by atoms with van der Waals surface area (Å²) in [7, 11) is 1.12. The van der Waals surface area contributed by atoms with Crippen molar-refractivity contribution in [1.29, 1.82) is 0 Å². The number of likely N-dealkylation sites (tertiary alicyclic amines) is 1. The van der Waals surface area contributed by atoms with Crippen molar-refractivity contribution in [2.75, 3.05) is 7.11 Å². The van der Waals surface area contributed by atoms with E-state index < -0.39 is 52.9 Å². The molecule has 1 N–H and O–H groups in total. The number of allylic oxidation sites excluding steroid dienone is 4. The molecule has 3 amide bonds. The topological polar surface area (TPSA) is 118 Å². The van der Waals surface area contributed by atoms with Crippen LogP contribution in [0.25, 0.3) is 0 Å². The molecular weight excluding hydrogens is 450 g/mol. The zero-order chi connectivity index (χ0) is 25.4. The Labute approximate surface area is 202 Å². The third-order valence-electron chi connectivity index (χ3n) is 8.75. The normalized spacial score (nSPS) is 34.3. The Morgan fingerprint density at radius 1 is 1.03 bits per heavy atom. The molecule has 1 saturated carbocycles. The van der Waals surface area contributed by atoms with Gasteiger partial charge < -0.3 is 9.84 Å². The molecule has 0 radical (unpaired) electrons. The largest absolute Gasteiger partial charge is 0.508 e. The second-order valence-corrected chi connectivity index (χ2v) is 10.2. The van der Waals surface area contributed by atoms with Gasteiger partial charge in [0.2, 0.25) is 11.8 Å². The Bertz CT molecular complexity index is 1260. The number of ether oxygens (including phenoxy) is 1. The van der Waals surface area contributed by atoms with E-state index in [2.05, 4.69) is 4.74 Å². The number of nitrogens with zero attached hydrogens (tertiary/aromatic N) is 1. The molecule has 0 bridgehead atoms. The Morgan fingerprint density at radius 3 is 2.31 bits per heavy atom. The maximum atomic E-state index is 13.8. The van der Waals surface area contributed by atoms with Crippen LogP contribution in [0.2, 0.25) is 0 Å². The highest BCUT2D eigenvalue weighted by Crippen LogP contribution is 2.63. The summed E-state index contributed by atoms with van der Waals surface area (Å²) in [6, 6.07) is 6.54. The SMILES string of the molecule is COC(=O)N1C(=O)[C@H]2[C@H](CC=C3[C@H]2C[C@H]2C(=O)C(C)=C(C)C(=O)[C@@]2(C)[C@H]3c2ccc(O)cc2)C1=O. The molecule has 1 saturated heterocycles. The van der Waals surface area contributed by atoms with E-state index >= 15 is 0 Å². The zero-order valence-corrected chi connectivity index (χ0v) is 20.0. The number of carbonyl (C=O) groups excluding carboxylic acids is 5. The molecule has 182 valence electrons.